The Morgan fingerprint density at radius 2 is 0.911 bits per heavy atom. The maximum Gasteiger partial charge on any atom is 0.472 e. The molecule has 0 amide bonds. The minimum atomic E-state index is -4.27. The molecule has 330 valence electrons. The van der Waals surface area contributed by atoms with Crippen molar-refractivity contribution in [3.05, 3.63) is 36.6 Å². The molecule has 1 unspecified atom stereocenters. The van der Waals surface area contributed by atoms with Gasteiger partial charge in [0.05, 0.1) is 19.5 Å². The Bertz CT molecular complexity index is 957. The number of hydrogen-bond acceptors (Lipinski definition) is 7. The van der Waals surface area contributed by atoms with Crippen LogP contribution in [0.1, 0.15) is 226 Å². The summed E-state index contributed by atoms with van der Waals surface area (Å²) in [6.07, 6.45) is 52.7. The smallest absolute Gasteiger partial charge is 0.472 e. The Balaban J connectivity index is 4.00. The standard InChI is InChI=1S/C47H90NO7P/c1-3-5-7-9-11-13-15-17-19-21-22-23-24-25-26-28-30-32-34-36-38-40-47(49)53-44-46(45-55-56(50,51)54-43-41-48)52-42-39-37-35-33-31-29-27-20-18-16-14-12-10-8-6-4-2/h14,16-17,19,39,42,46H,3-13,15,18,20-38,40-41,43-45,48H2,1-2H3,(H,50,51)/b16-14-,19-17-,42-39-/t46-/m1/s1. The van der Waals surface area contributed by atoms with Crippen molar-refractivity contribution in [2.24, 2.45) is 5.73 Å². The van der Waals surface area contributed by atoms with E-state index in [1.807, 2.05) is 6.08 Å². The molecule has 0 bridgehead atoms. The maximum absolute atomic E-state index is 12.4. The van der Waals surface area contributed by atoms with Gasteiger partial charge < -0.3 is 20.1 Å². The van der Waals surface area contributed by atoms with Crippen LogP contribution in [0.4, 0.5) is 0 Å². The minimum Gasteiger partial charge on any atom is -0.492 e. The van der Waals surface area contributed by atoms with Crippen LogP contribution >= 0.6 is 7.82 Å². The molecule has 2 atom stereocenters. The molecule has 9 heteroatoms. The molecule has 0 rings (SSSR count). The van der Waals surface area contributed by atoms with Crippen LogP contribution in [0, 0.1) is 0 Å². The van der Waals surface area contributed by atoms with Gasteiger partial charge in [-0.25, -0.2) is 4.57 Å². The number of rotatable bonds is 45. The second-order valence-corrected chi connectivity index (χ2v) is 17.1. The first-order chi connectivity index (χ1) is 27.4. The number of nitrogens with two attached hydrogens (primary N) is 1. The van der Waals surface area contributed by atoms with E-state index in [0.717, 1.165) is 32.1 Å². The zero-order valence-corrected chi connectivity index (χ0v) is 37.5. The average Bonchev–Trinajstić information content (AvgIpc) is 3.19. The van der Waals surface area contributed by atoms with Crippen LogP contribution in [-0.2, 0) is 27.9 Å². The van der Waals surface area contributed by atoms with Crippen LogP contribution in [0.3, 0.4) is 0 Å². The Kier molecular flexibility index (Phi) is 43.5. The van der Waals surface area contributed by atoms with E-state index in [-0.39, 0.29) is 32.3 Å². The summed E-state index contributed by atoms with van der Waals surface area (Å²) in [7, 11) is -4.27. The van der Waals surface area contributed by atoms with Crippen molar-refractivity contribution < 1.29 is 32.8 Å². The molecular weight excluding hydrogens is 721 g/mol. The van der Waals surface area contributed by atoms with Crippen molar-refractivity contribution in [2.45, 2.75) is 232 Å². The number of carbonyl (C=O) groups is 1. The summed E-state index contributed by atoms with van der Waals surface area (Å²) in [5.41, 5.74) is 5.37. The normalized spacial score (nSPS) is 13.6. The Morgan fingerprint density at radius 3 is 1.34 bits per heavy atom. The molecule has 0 aliphatic rings. The second-order valence-electron chi connectivity index (χ2n) is 15.7. The number of unbranched alkanes of at least 4 members (excludes halogenated alkanes) is 28. The Morgan fingerprint density at radius 1 is 0.536 bits per heavy atom. The number of phosphoric ester groups is 1. The minimum absolute atomic E-state index is 0.0654. The van der Waals surface area contributed by atoms with Crippen LogP contribution in [-0.4, -0.2) is 43.3 Å². The third kappa shape index (κ3) is 43.7. The molecule has 0 aromatic carbocycles. The zero-order valence-electron chi connectivity index (χ0n) is 36.6. The van der Waals surface area contributed by atoms with Crippen LogP contribution in [0.25, 0.3) is 0 Å². The topological polar surface area (TPSA) is 117 Å². The summed E-state index contributed by atoms with van der Waals surface area (Å²) in [4.78, 5) is 22.3. The van der Waals surface area contributed by atoms with E-state index in [0.29, 0.717) is 6.42 Å². The van der Waals surface area contributed by atoms with Crippen LogP contribution < -0.4 is 5.73 Å². The Hall–Kier alpha value is -1.44. The molecule has 0 aliphatic heterocycles. The van der Waals surface area contributed by atoms with E-state index in [9.17, 15) is 14.3 Å². The third-order valence-corrected chi connectivity index (χ3v) is 11.1. The molecule has 0 aromatic heterocycles. The van der Waals surface area contributed by atoms with E-state index < -0.39 is 13.9 Å². The molecule has 0 saturated carbocycles. The van der Waals surface area contributed by atoms with Crippen molar-refractivity contribution in [3.63, 3.8) is 0 Å². The van der Waals surface area contributed by atoms with Gasteiger partial charge in [-0.1, -0.05) is 173 Å². The van der Waals surface area contributed by atoms with Crippen molar-refractivity contribution in [2.75, 3.05) is 26.4 Å². The van der Waals surface area contributed by atoms with Crippen LogP contribution in [0.15, 0.2) is 36.6 Å². The molecule has 0 saturated heterocycles. The lowest BCUT2D eigenvalue weighted by molar-refractivity contribution is -0.147. The summed E-state index contributed by atoms with van der Waals surface area (Å²) >= 11 is 0. The van der Waals surface area contributed by atoms with Gasteiger partial charge in [0.2, 0.25) is 0 Å². The number of phosphoric acid groups is 1. The highest BCUT2D eigenvalue weighted by molar-refractivity contribution is 7.47. The molecular formula is C47H90NO7P. The van der Waals surface area contributed by atoms with E-state index in [1.54, 1.807) is 6.26 Å². The Labute approximate surface area is 346 Å². The number of allylic oxidation sites excluding steroid dienone is 5. The SMILES string of the molecule is CCCCCC/C=C\CCCCCCCC/C=C\O[C@H](COC(=O)CCCCCCCCCCCCC/C=C\CCCCCCCC)COP(=O)(O)OCCN. The van der Waals surface area contributed by atoms with E-state index in [4.69, 9.17) is 24.3 Å². The first-order valence-corrected chi connectivity index (χ1v) is 25.0. The van der Waals surface area contributed by atoms with Gasteiger partial charge in [0.15, 0.2) is 6.10 Å². The summed E-state index contributed by atoms with van der Waals surface area (Å²) in [6, 6.07) is 0. The van der Waals surface area contributed by atoms with Crippen molar-refractivity contribution in [1.82, 2.24) is 0 Å². The first-order valence-electron chi connectivity index (χ1n) is 23.5. The highest BCUT2D eigenvalue weighted by Gasteiger charge is 2.24. The van der Waals surface area contributed by atoms with Gasteiger partial charge in [-0.15, -0.1) is 0 Å². The summed E-state index contributed by atoms with van der Waals surface area (Å²) in [5.74, 6) is -0.291. The fourth-order valence-corrected chi connectivity index (χ4v) is 7.32. The van der Waals surface area contributed by atoms with Crippen molar-refractivity contribution in [1.29, 1.82) is 0 Å². The number of hydrogen-bond donors (Lipinski definition) is 2. The summed E-state index contributed by atoms with van der Waals surface area (Å²) < 4.78 is 33.3. The highest BCUT2D eigenvalue weighted by Crippen LogP contribution is 2.43. The highest BCUT2D eigenvalue weighted by atomic mass is 31.2. The molecule has 3 N–H and O–H groups in total. The van der Waals surface area contributed by atoms with Crippen LogP contribution in [0.5, 0.6) is 0 Å². The lowest BCUT2D eigenvalue weighted by atomic mass is 10.0. The average molecular weight is 812 g/mol. The van der Waals surface area contributed by atoms with E-state index in [1.165, 1.54) is 173 Å². The van der Waals surface area contributed by atoms with Gasteiger partial charge in [0, 0.05) is 13.0 Å². The predicted octanol–water partition coefficient (Wildman–Crippen LogP) is 14.5. The maximum atomic E-state index is 12.4. The summed E-state index contributed by atoms with van der Waals surface area (Å²) in [5, 5.41) is 0. The number of ether oxygens (including phenoxy) is 2. The van der Waals surface area contributed by atoms with Crippen LogP contribution in [0.2, 0.25) is 0 Å². The van der Waals surface area contributed by atoms with Gasteiger partial charge in [-0.2, -0.15) is 0 Å². The van der Waals surface area contributed by atoms with Gasteiger partial charge in [0.25, 0.3) is 0 Å². The molecule has 8 nitrogen and oxygen atoms in total. The van der Waals surface area contributed by atoms with Crippen molar-refractivity contribution in [3.8, 4) is 0 Å². The fourth-order valence-electron chi connectivity index (χ4n) is 6.56. The predicted molar refractivity (Wildman–Crippen MR) is 238 cm³/mol. The molecule has 0 fully saturated rings. The molecule has 0 radical (unpaired) electrons. The van der Waals surface area contributed by atoms with Crippen molar-refractivity contribution >= 4 is 13.8 Å². The number of carbonyl (C=O) groups excluding carboxylic acids is 1. The molecule has 0 aromatic rings. The van der Waals surface area contributed by atoms with E-state index >= 15 is 0 Å². The second kappa shape index (κ2) is 44.7. The van der Waals surface area contributed by atoms with Gasteiger partial charge in [-0.05, 0) is 76.7 Å². The third-order valence-electron chi connectivity index (χ3n) is 10.1. The van der Waals surface area contributed by atoms with Gasteiger partial charge in [0.1, 0.15) is 6.61 Å². The quantitative estimate of drug-likeness (QED) is 0.0205. The van der Waals surface area contributed by atoms with E-state index in [2.05, 4.69) is 38.2 Å². The van der Waals surface area contributed by atoms with Gasteiger partial charge in [-0.3, -0.25) is 13.8 Å². The molecule has 0 aliphatic carbocycles. The largest absolute Gasteiger partial charge is 0.492 e. The van der Waals surface area contributed by atoms with Gasteiger partial charge >= 0.3 is 13.8 Å². The monoisotopic (exact) mass is 812 g/mol. The summed E-state index contributed by atoms with van der Waals surface area (Å²) in [6.45, 7) is 4.22. The zero-order chi connectivity index (χ0) is 40.9. The molecule has 56 heavy (non-hydrogen) atoms. The fraction of sp³-hybridized carbons (Fsp3) is 0.851. The first kappa shape index (κ1) is 54.6. The lowest BCUT2D eigenvalue weighted by Gasteiger charge is -2.19. The molecule has 0 spiro atoms. The number of esters is 1. The lowest BCUT2D eigenvalue weighted by Crippen LogP contribution is -2.25. The molecule has 0 heterocycles.